The average Bonchev–Trinajstić information content (AvgIpc) is 2.85. The van der Waals surface area contributed by atoms with E-state index in [1.807, 2.05) is 18.2 Å². The van der Waals surface area contributed by atoms with E-state index in [-0.39, 0.29) is 6.54 Å². The Morgan fingerprint density at radius 2 is 1.73 bits per heavy atom. The van der Waals surface area contributed by atoms with E-state index in [0.717, 1.165) is 15.4 Å². The van der Waals surface area contributed by atoms with E-state index in [0.29, 0.717) is 16.3 Å². The number of rotatable bonds is 5. The first kappa shape index (κ1) is 17.9. The summed E-state index contributed by atoms with van der Waals surface area (Å²) >= 11 is 6.00. The monoisotopic (exact) mass is 372 g/mol. The summed E-state index contributed by atoms with van der Waals surface area (Å²) in [4.78, 5) is 39.5. The number of imide groups is 2. The van der Waals surface area contributed by atoms with Crippen LogP contribution in [0.25, 0.3) is 0 Å². The third-order valence-electron chi connectivity index (χ3n) is 4.32. The van der Waals surface area contributed by atoms with Gasteiger partial charge in [-0.1, -0.05) is 41.9 Å². The first-order valence-corrected chi connectivity index (χ1v) is 8.38. The number of methoxy groups -OCH3 is 1. The molecule has 2 aromatic carbocycles. The van der Waals surface area contributed by atoms with E-state index >= 15 is 0 Å². The molecule has 1 heterocycles. The zero-order valence-electron chi connectivity index (χ0n) is 14.3. The predicted octanol–water partition coefficient (Wildman–Crippen LogP) is 3.40. The molecule has 0 N–H and O–H groups in total. The van der Waals surface area contributed by atoms with Crippen molar-refractivity contribution in [3.8, 4) is 5.75 Å². The van der Waals surface area contributed by atoms with E-state index in [9.17, 15) is 14.4 Å². The van der Waals surface area contributed by atoms with Crippen LogP contribution in [0.4, 0.5) is 4.79 Å². The van der Waals surface area contributed by atoms with Crippen LogP contribution in [0.1, 0.15) is 24.1 Å². The maximum Gasteiger partial charge on any atom is 0.335 e. The predicted molar refractivity (Wildman–Crippen MR) is 95.7 cm³/mol. The van der Waals surface area contributed by atoms with E-state index in [1.165, 1.54) is 7.11 Å². The number of halogens is 1. The van der Waals surface area contributed by atoms with Gasteiger partial charge in [-0.2, -0.15) is 0 Å². The Balaban J connectivity index is 1.89. The van der Waals surface area contributed by atoms with Crippen molar-refractivity contribution in [1.82, 2.24) is 9.80 Å². The molecule has 1 aliphatic rings. The summed E-state index contributed by atoms with van der Waals surface area (Å²) < 4.78 is 5.25. The molecule has 0 aromatic heterocycles. The number of ether oxygens (including phenoxy) is 1. The summed E-state index contributed by atoms with van der Waals surface area (Å²) in [5.74, 6) is -1.22. The fourth-order valence-electron chi connectivity index (χ4n) is 2.92. The van der Waals surface area contributed by atoms with Crippen LogP contribution >= 0.6 is 11.6 Å². The van der Waals surface area contributed by atoms with Crippen molar-refractivity contribution < 1.29 is 19.1 Å². The lowest BCUT2D eigenvalue weighted by atomic mass is 10.1. The third-order valence-corrected chi connectivity index (χ3v) is 4.56. The quantitative estimate of drug-likeness (QED) is 0.596. The number of hydrogen-bond donors (Lipinski definition) is 0. The van der Waals surface area contributed by atoms with Crippen LogP contribution in [-0.4, -0.2) is 34.8 Å². The van der Waals surface area contributed by atoms with Gasteiger partial charge in [-0.25, -0.2) is 9.69 Å². The second-order valence-corrected chi connectivity index (χ2v) is 6.33. The van der Waals surface area contributed by atoms with Crippen molar-refractivity contribution in [2.45, 2.75) is 19.5 Å². The molecular weight excluding hydrogens is 356 g/mol. The zero-order chi connectivity index (χ0) is 18.8. The summed E-state index contributed by atoms with van der Waals surface area (Å²) in [6.07, 6.45) is 0. The minimum Gasteiger partial charge on any atom is -0.496 e. The number of benzene rings is 2. The topological polar surface area (TPSA) is 66.9 Å². The molecule has 1 aliphatic heterocycles. The minimum absolute atomic E-state index is 0.0921. The third kappa shape index (κ3) is 3.15. The fraction of sp³-hybridized carbons (Fsp3) is 0.211. The maximum atomic E-state index is 12.8. The molecule has 7 heteroatoms. The van der Waals surface area contributed by atoms with Gasteiger partial charge in [-0.05, 0) is 30.7 Å². The Bertz CT molecular complexity index is 869. The summed E-state index contributed by atoms with van der Waals surface area (Å²) in [7, 11) is 1.48. The standard InChI is InChI=1S/C19H17ClN2O4/c1-12(13-6-4-3-5-7-13)22-18(24)17(23)21(19(22)25)11-14-10-15(20)8-9-16(14)26-2/h3-10,12H,11H2,1-2H3. The molecule has 6 nitrogen and oxygen atoms in total. The van der Waals surface area contributed by atoms with Crippen molar-refractivity contribution in [2.24, 2.45) is 0 Å². The van der Waals surface area contributed by atoms with E-state index < -0.39 is 23.9 Å². The molecule has 0 saturated carbocycles. The molecule has 134 valence electrons. The molecule has 0 aliphatic carbocycles. The highest BCUT2D eigenvalue weighted by molar-refractivity contribution is 6.44. The van der Waals surface area contributed by atoms with Gasteiger partial charge in [0.2, 0.25) is 0 Å². The highest BCUT2D eigenvalue weighted by Crippen LogP contribution is 2.29. The first-order chi connectivity index (χ1) is 12.4. The molecule has 4 amide bonds. The normalized spacial score (nSPS) is 15.6. The molecule has 3 rings (SSSR count). The van der Waals surface area contributed by atoms with Gasteiger partial charge in [0.25, 0.3) is 0 Å². The summed E-state index contributed by atoms with van der Waals surface area (Å²) in [5, 5.41) is 0.445. The van der Waals surface area contributed by atoms with Gasteiger partial charge in [-0.3, -0.25) is 14.5 Å². The van der Waals surface area contributed by atoms with Crippen LogP contribution in [0, 0.1) is 0 Å². The Labute approximate surface area is 155 Å². The molecule has 2 aromatic rings. The molecule has 0 spiro atoms. The van der Waals surface area contributed by atoms with Crippen molar-refractivity contribution in [1.29, 1.82) is 0 Å². The van der Waals surface area contributed by atoms with Crippen LogP contribution in [-0.2, 0) is 16.1 Å². The number of nitrogens with zero attached hydrogens (tertiary/aromatic N) is 2. The van der Waals surface area contributed by atoms with Crippen LogP contribution < -0.4 is 4.74 Å². The van der Waals surface area contributed by atoms with Crippen molar-refractivity contribution >= 4 is 29.4 Å². The van der Waals surface area contributed by atoms with Gasteiger partial charge in [0, 0.05) is 10.6 Å². The maximum absolute atomic E-state index is 12.8. The van der Waals surface area contributed by atoms with Crippen LogP contribution in [0.5, 0.6) is 5.75 Å². The summed E-state index contributed by atoms with van der Waals surface area (Å²) in [6, 6.07) is 12.8. The van der Waals surface area contributed by atoms with Crippen LogP contribution in [0.15, 0.2) is 48.5 Å². The SMILES string of the molecule is COc1ccc(Cl)cc1CN1C(=O)C(=O)N(C(C)c2ccccc2)C1=O. The van der Waals surface area contributed by atoms with E-state index in [2.05, 4.69) is 0 Å². The first-order valence-electron chi connectivity index (χ1n) is 8.00. The second-order valence-electron chi connectivity index (χ2n) is 5.89. The number of carbonyl (C=O) groups is 3. The average molecular weight is 373 g/mol. The van der Waals surface area contributed by atoms with E-state index in [4.69, 9.17) is 16.3 Å². The van der Waals surface area contributed by atoms with E-state index in [1.54, 1.807) is 37.3 Å². The molecule has 1 unspecified atom stereocenters. The lowest BCUT2D eigenvalue weighted by molar-refractivity contribution is -0.144. The Morgan fingerprint density at radius 3 is 2.38 bits per heavy atom. The molecule has 1 atom stereocenters. The van der Waals surface area contributed by atoms with Crippen molar-refractivity contribution in [2.75, 3.05) is 7.11 Å². The Morgan fingerprint density at radius 1 is 1.04 bits per heavy atom. The van der Waals surface area contributed by atoms with Gasteiger partial charge >= 0.3 is 17.8 Å². The van der Waals surface area contributed by atoms with Crippen molar-refractivity contribution in [3.63, 3.8) is 0 Å². The zero-order valence-corrected chi connectivity index (χ0v) is 15.1. The number of amides is 4. The molecular formula is C19H17ClN2O4. The number of hydrogen-bond acceptors (Lipinski definition) is 4. The summed E-state index contributed by atoms with van der Waals surface area (Å²) in [5.41, 5.74) is 1.31. The van der Waals surface area contributed by atoms with Gasteiger partial charge in [0.15, 0.2) is 0 Å². The Hall–Kier alpha value is -2.86. The highest BCUT2D eigenvalue weighted by atomic mass is 35.5. The second kappa shape index (κ2) is 7.17. The van der Waals surface area contributed by atoms with Gasteiger partial charge in [0.1, 0.15) is 5.75 Å². The summed E-state index contributed by atoms with van der Waals surface area (Å²) in [6.45, 7) is 1.62. The molecule has 1 saturated heterocycles. The van der Waals surface area contributed by atoms with Gasteiger partial charge < -0.3 is 4.74 Å². The molecule has 0 bridgehead atoms. The van der Waals surface area contributed by atoms with Gasteiger partial charge in [0.05, 0.1) is 19.7 Å². The molecule has 26 heavy (non-hydrogen) atoms. The van der Waals surface area contributed by atoms with Gasteiger partial charge in [-0.15, -0.1) is 0 Å². The minimum atomic E-state index is -0.861. The number of urea groups is 1. The highest BCUT2D eigenvalue weighted by Gasteiger charge is 2.47. The molecule has 0 radical (unpaired) electrons. The lowest BCUT2D eigenvalue weighted by Gasteiger charge is -2.22. The van der Waals surface area contributed by atoms with Crippen LogP contribution in [0.2, 0.25) is 5.02 Å². The smallest absolute Gasteiger partial charge is 0.335 e. The Kier molecular flexibility index (Phi) is 4.95. The number of carbonyl (C=O) groups excluding carboxylic acids is 3. The van der Waals surface area contributed by atoms with Crippen LogP contribution in [0.3, 0.4) is 0 Å². The lowest BCUT2D eigenvalue weighted by Crippen LogP contribution is -2.35. The van der Waals surface area contributed by atoms with Crippen molar-refractivity contribution in [3.05, 3.63) is 64.7 Å². The largest absolute Gasteiger partial charge is 0.496 e. The fourth-order valence-corrected chi connectivity index (χ4v) is 3.12. The molecule has 1 fully saturated rings.